The molecule has 1 atom stereocenters. The molecule has 1 heterocycles. The zero-order valence-electron chi connectivity index (χ0n) is 14.3. The second kappa shape index (κ2) is 7.44. The summed E-state index contributed by atoms with van der Waals surface area (Å²) < 4.78 is 0. The molecule has 4 nitrogen and oxygen atoms in total. The molecule has 1 aliphatic heterocycles. The standard InChI is InChI=1S/C19H26N2O2/c1-13(2)8-7-9-14(3)20-18(22)12-21-15(4)16-10-5-6-11-17(16)19(21)23/h5-6,10-11,13-14H,4,7-9,12H2,1-3H3,(H,20,22). The molecule has 0 aliphatic carbocycles. The maximum absolute atomic E-state index is 12.4. The van der Waals surface area contributed by atoms with Crippen molar-refractivity contribution in [1.29, 1.82) is 0 Å². The lowest BCUT2D eigenvalue weighted by atomic mass is 10.0. The lowest BCUT2D eigenvalue weighted by molar-refractivity contribution is -0.121. The average Bonchev–Trinajstić information content (AvgIpc) is 2.72. The predicted octanol–water partition coefficient (Wildman–Crippen LogP) is 3.44. The van der Waals surface area contributed by atoms with Crippen molar-refractivity contribution in [2.75, 3.05) is 6.54 Å². The van der Waals surface area contributed by atoms with Gasteiger partial charge in [-0.15, -0.1) is 0 Å². The minimum absolute atomic E-state index is 0.0286. The van der Waals surface area contributed by atoms with Crippen LogP contribution in [0, 0.1) is 5.92 Å². The molecule has 1 N–H and O–H groups in total. The highest BCUT2D eigenvalue weighted by Crippen LogP contribution is 2.30. The van der Waals surface area contributed by atoms with Crippen molar-refractivity contribution in [1.82, 2.24) is 10.2 Å². The van der Waals surface area contributed by atoms with E-state index in [9.17, 15) is 9.59 Å². The summed E-state index contributed by atoms with van der Waals surface area (Å²) in [5, 5.41) is 2.97. The van der Waals surface area contributed by atoms with Crippen LogP contribution in [0.3, 0.4) is 0 Å². The van der Waals surface area contributed by atoms with Crippen molar-refractivity contribution >= 4 is 17.5 Å². The van der Waals surface area contributed by atoms with Crippen molar-refractivity contribution in [3.8, 4) is 0 Å². The molecule has 0 bridgehead atoms. The Balaban J connectivity index is 1.87. The van der Waals surface area contributed by atoms with Crippen LogP contribution >= 0.6 is 0 Å². The Morgan fingerprint density at radius 1 is 1.17 bits per heavy atom. The Hall–Kier alpha value is -2.10. The van der Waals surface area contributed by atoms with Crippen LogP contribution < -0.4 is 5.32 Å². The Bertz CT molecular complexity index is 572. The van der Waals surface area contributed by atoms with Crippen LogP contribution in [0.1, 0.15) is 56.0 Å². The molecule has 0 radical (unpaired) electrons. The Morgan fingerprint density at radius 3 is 2.43 bits per heavy atom. The van der Waals surface area contributed by atoms with Crippen LogP contribution in [0.5, 0.6) is 0 Å². The molecule has 2 rings (SSSR count). The van der Waals surface area contributed by atoms with Crippen LogP contribution in [0.25, 0.3) is 5.70 Å². The molecule has 23 heavy (non-hydrogen) atoms. The maximum Gasteiger partial charge on any atom is 0.259 e. The molecular formula is C19H26N2O2. The number of amides is 2. The van der Waals surface area contributed by atoms with Gasteiger partial charge in [-0.05, 0) is 25.3 Å². The van der Waals surface area contributed by atoms with Crippen LogP contribution in [-0.2, 0) is 4.79 Å². The molecule has 0 aromatic heterocycles. The number of nitrogens with zero attached hydrogens (tertiary/aromatic N) is 1. The molecule has 1 aromatic carbocycles. The third-order valence-corrected chi connectivity index (χ3v) is 4.17. The average molecular weight is 314 g/mol. The molecule has 0 saturated carbocycles. The minimum atomic E-state index is -0.145. The number of nitrogens with one attached hydrogen (secondary N) is 1. The molecule has 1 aromatic rings. The number of fused-ring (bicyclic) bond motifs is 1. The number of carbonyl (C=O) groups excluding carboxylic acids is 2. The fourth-order valence-corrected chi connectivity index (χ4v) is 2.87. The summed E-state index contributed by atoms with van der Waals surface area (Å²) in [7, 11) is 0. The van der Waals surface area contributed by atoms with Crippen molar-refractivity contribution in [3.05, 3.63) is 42.0 Å². The highest BCUT2D eigenvalue weighted by atomic mass is 16.2. The van der Waals surface area contributed by atoms with E-state index in [1.165, 1.54) is 4.90 Å². The van der Waals surface area contributed by atoms with E-state index < -0.39 is 0 Å². The number of rotatable bonds is 7. The van der Waals surface area contributed by atoms with Gasteiger partial charge in [-0.2, -0.15) is 0 Å². The van der Waals surface area contributed by atoms with E-state index in [4.69, 9.17) is 0 Å². The molecule has 0 fully saturated rings. The van der Waals surface area contributed by atoms with Crippen molar-refractivity contribution < 1.29 is 9.59 Å². The summed E-state index contributed by atoms with van der Waals surface area (Å²) >= 11 is 0. The molecular weight excluding hydrogens is 288 g/mol. The van der Waals surface area contributed by atoms with E-state index in [1.54, 1.807) is 6.07 Å². The minimum Gasteiger partial charge on any atom is -0.352 e. The maximum atomic E-state index is 12.4. The molecule has 124 valence electrons. The molecule has 0 saturated heterocycles. The van der Waals surface area contributed by atoms with Gasteiger partial charge < -0.3 is 5.32 Å². The quantitative estimate of drug-likeness (QED) is 0.838. The summed E-state index contributed by atoms with van der Waals surface area (Å²) in [6, 6.07) is 7.45. The summed E-state index contributed by atoms with van der Waals surface area (Å²) in [6.45, 7) is 10.4. The van der Waals surface area contributed by atoms with Crippen molar-refractivity contribution in [3.63, 3.8) is 0 Å². The lowest BCUT2D eigenvalue weighted by Gasteiger charge is -2.19. The van der Waals surface area contributed by atoms with E-state index in [0.29, 0.717) is 17.2 Å². The smallest absolute Gasteiger partial charge is 0.259 e. The highest BCUT2D eigenvalue weighted by Gasteiger charge is 2.31. The van der Waals surface area contributed by atoms with Gasteiger partial charge in [0.25, 0.3) is 5.91 Å². The van der Waals surface area contributed by atoms with E-state index in [0.717, 1.165) is 24.8 Å². The third kappa shape index (κ3) is 4.21. The van der Waals surface area contributed by atoms with Gasteiger partial charge in [0, 0.05) is 22.9 Å². The Kier molecular flexibility index (Phi) is 5.59. The van der Waals surface area contributed by atoms with Gasteiger partial charge >= 0.3 is 0 Å². The van der Waals surface area contributed by atoms with Gasteiger partial charge in [-0.1, -0.05) is 51.5 Å². The Morgan fingerprint density at radius 2 is 1.83 bits per heavy atom. The largest absolute Gasteiger partial charge is 0.352 e. The van der Waals surface area contributed by atoms with Gasteiger partial charge in [0.15, 0.2) is 0 Å². The van der Waals surface area contributed by atoms with Crippen LogP contribution in [0.4, 0.5) is 0 Å². The fraction of sp³-hybridized carbons (Fsp3) is 0.474. The second-order valence-corrected chi connectivity index (χ2v) is 6.68. The Labute approximate surface area is 138 Å². The fourth-order valence-electron chi connectivity index (χ4n) is 2.87. The monoisotopic (exact) mass is 314 g/mol. The zero-order chi connectivity index (χ0) is 17.0. The first kappa shape index (κ1) is 17.3. The van der Waals surface area contributed by atoms with Gasteiger partial charge in [-0.3, -0.25) is 14.5 Å². The first-order chi connectivity index (χ1) is 10.9. The van der Waals surface area contributed by atoms with Gasteiger partial charge in [-0.25, -0.2) is 0 Å². The number of hydrogen-bond donors (Lipinski definition) is 1. The van der Waals surface area contributed by atoms with Crippen LogP contribution in [0.2, 0.25) is 0 Å². The summed E-state index contributed by atoms with van der Waals surface area (Å²) in [4.78, 5) is 26.0. The summed E-state index contributed by atoms with van der Waals surface area (Å²) in [6.07, 6.45) is 3.22. The normalized spacial score (nSPS) is 15.0. The highest BCUT2D eigenvalue weighted by molar-refractivity contribution is 6.10. The van der Waals surface area contributed by atoms with Gasteiger partial charge in [0.2, 0.25) is 5.91 Å². The van der Waals surface area contributed by atoms with Gasteiger partial charge in [0.05, 0.1) is 0 Å². The predicted molar refractivity (Wildman–Crippen MR) is 92.8 cm³/mol. The molecule has 4 heteroatoms. The van der Waals surface area contributed by atoms with E-state index >= 15 is 0 Å². The molecule has 1 aliphatic rings. The lowest BCUT2D eigenvalue weighted by Crippen LogP contribution is -2.40. The van der Waals surface area contributed by atoms with Crippen molar-refractivity contribution in [2.45, 2.75) is 46.1 Å². The molecule has 2 amide bonds. The second-order valence-electron chi connectivity index (χ2n) is 6.68. The number of carbonyl (C=O) groups is 2. The topological polar surface area (TPSA) is 49.4 Å². The molecule has 0 spiro atoms. The first-order valence-electron chi connectivity index (χ1n) is 8.29. The third-order valence-electron chi connectivity index (χ3n) is 4.17. The summed E-state index contributed by atoms with van der Waals surface area (Å²) in [5.41, 5.74) is 2.04. The van der Waals surface area contributed by atoms with Crippen LogP contribution in [-0.4, -0.2) is 29.3 Å². The van der Waals surface area contributed by atoms with Crippen LogP contribution in [0.15, 0.2) is 30.8 Å². The number of benzene rings is 1. The zero-order valence-corrected chi connectivity index (χ0v) is 14.3. The van der Waals surface area contributed by atoms with Crippen molar-refractivity contribution in [2.24, 2.45) is 5.92 Å². The van der Waals surface area contributed by atoms with E-state index in [-0.39, 0.29) is 24.4 Å². The van der Waals surface area contributed by atoms with Gasteiger partial charge in [0.1, 0.15) is 6.54 Å². The van der Waals surface area contributed by atoms with E-state index in [1.807, 2.05) is 25.1 Å². The summed E-state index contributed by atoms with van der Waals surface area (Å²) in [5.74, 6) is 0.402. The number of hydrogen-bond acceptors (Lipinski definition) is 2. The SMILES string of the molecule is C=C1c2ccccc2C(=O)N1CC(=O)NC(C)CCCC(C)C. The molecule has 1 unspecified atom stereocenters. The van der Waals surface area contributed by atoms with E-state index in [2.05, 4.69) is 25.7 Å². The first-order valence-corrected chi connectivity index (χ1v) is 8.29.